The van der Waals surface area contributed by atoms with Crippen LogP contribution in [-0.4, -0.2) is 10.1 Å². The van der Waals surface area contributed by atoms with Crippen LogP contribution >= 0.6 is 22.6 Å². The first-order chi connectivity index (χ1) is 6.07. The molecule has 1 aromatic heterocycles. The van der Waals surface area contributed by atoms with Crippen LogP contribution in [0.15, 0.2) is 6.20 Å². The second-order valence-electron chi connectivity index (χ2n) is 2.34. The molecule has 13 heavy (non-hydrogen) atoms. The Morgan fingerprint density at radius 3 is 2.69 bits per heavy atom. The fourth-order valence-corrected chi connectivity index (χ4v) is 1.36. The summed E-state index contributed by atoms with van der Waals surface area (Å²) in [5.41, 5.74) is 4.98. The number of hydrogen-bond acceptors (Lipinski definition) is 3. The quantitative estimate of drug-likeness (QED) is 0.646. The van der Waals surface area contributed by atoms with Gasteiger partial charge >= 0.3 is 0 Å². The maximum Gasteiger partial charge on any atom is 0.267 e. The summed E-state index contributed by atoms with van der Waals surface area (Å²) in [6.45, 7) is -0.0584. The van der Waals surface area contributed by atoms with Gasteiger partial charge in [0.2, 0.25) is 0 Å². The minimum absolute atomic E-state index is 0.0584. The Balaban J connectivity index is 3.32. The van der Waals surface area contributed by atoms with Crippen molar-refractivity contribution in [3.8, 4) is 5.75 Å². The number of aromatic nitrogens is 1. The first kappa shape index (κ1) is 10.6. The van der Waals surface area contributed by atoms with E-state index >= 15 is 0 Å². The van der Waals surface area contributed by atoms with Crippen LogP contribution in [0, 0.1) is 3.70 Å². The third-order valence-corrected chi connectivity index (χ3v) is 2.36. The molecule has 1 heterocycles. The molecule has 0 amide bonds. The van der Waals surface area contributed by atoms with Gasteiger partial charge in [0.05, 0.1) is 5.56 Å². The zero-order valence-electron chi connectivity index (χ0n) is 6.47. The highest BCUT2D eigenvalue weighted by atomic mass is 127. The molecular weight excluding hydrogens is 293 g/mol. The van der Waals surface area contributed by atoms with Gasteiger partial charge in [0.25, 0.3) is 6.43 Å². The van der Waals surface area contributed by atoms with E-state index in [4.69, 9.17) is 5.73 Å². The molecule has 72 valence electrons. The van der Waals surface area contributed by atoms with Crippen molar-refractivity contribution in [3.63, 3.8) is 0 Å². The monoisotopic (exact) mass is 300 g/mol. The number of aromatic hydroxyl groups is 1. The lowest BCUT2D eigenvalue weighted by molar-refractivity contribution is 0.146. The summed E-state index contributed by atoms with van der Waals surface area (Å²) in [7, 11) is 0. The maximum atomic E-state index is 12.4. The van der Waals surface area contributed by atoms with Crippen LogP contribution < -0.4 is 5.73 Å². The number of hydrogen-bond donors (Lipinski definition) is 2. The van der Waals surface area contributed by atoms with E-state index in [2.05, 4.69) is 4.98 Å². The van der Waals surface area contributed by atoms with E-state index in [9.17, 15) is 13.9 Å². The van der Waals surface area contributed by atoms with Crippen molar-refractivity contribution >= 4 is 22.6 Å². The molecule has 1 rings (SSSR count). The second kappa shape index (κ2) is 4.14. The fraction of sp³-hybridized carbons (Fsp3) is 0.286. The van der Waals surface area contributed by atoms with E-state index in [0.29, 0.717) is 0 Å². The number of pyridine rings is 1. The van der Waals surface area contributed by atoms with Gasteiger partial charge in [-0.1, -0.05) is 0 Å². The molecule has 0 aliphatic heterocycles. The topological polar surface area (TPSA) is 59.1 Å². The van der Waals surface area contributed by atoms with E-state index in [0.717, 1.165) is 0 Å². The molecule has 0 aliphatic carbocycles. The second-order valence-corrected chi connectivity index (χ2v) is 3.36. The van der Waals surface area contributed by atoms with Crippen LogP contribution in [0.4, 0.5) is 8.78 Å². The summed E-state index contributed by atoms with van der Waals surface area (Å²) >= 11 is 1.68. The summed E-state index contributed by atoms with van der Waals surface area (Å²) < 4.78 is 25.0. The van der Waals surface area contributed by atoms with Crippen LogP contribution in [0.2, 0.25) is 0 Å². The Kier molecular flexibility index (Phi) is 3.37. The molecule has 0 radical (unpaired) electrons. The molecule has 3 nitrogen and oxygen atoms in total. The van der Waals surface area contributed by atoms with Gasteiger partial charge in [0.15, 0.2) is 5.75 Å². The average Bonchev–Trinajstić information content (AvgIpc) is 2.08. The highest BCUT2D eigenvalue weighted by Crippen LogP contribution is 2.33. The number of nitrogens with zero attached hydrogens (tertiary/aromatic N) is 1. The van der Waals surface area contributed by atoms with E-state index in [1.165, 1.54) is 6.20 Å². The molecule has 0 bridgehead atoms. The zero-order chi connectivity index (χ0) is 10.0. The molecule has 1 aromatic rings. The van der Waals surface area contributed by atoms with Gasteiger partial charge in [-0.2, -0.15) is 0 Å². The molecule has 0 fully saturated rings. The van der Waals surface area contributed by atoms with Crippen LogP contribution in [0.1, 0.15) is 17.6 Å². The van der Waals surface area contributed by atoms with E-state index < -0.39 is 17.7 Å². The largest absolute Gasteiger partial charge is 0.505 e. The summed E-state index contributed by atoms with van der Waals surface area (Å²) in [5.74, 6) is -0.474. The normalized spacial score (nSPS) is 10.8. The predicted molar refractivity (Wildman–Crippen MR) is 51.5 cm³/mol. The molecule has 3 N–H and O–H groups in total. The minimum Gasteiger partial charge on any atom is -0.505 e. The van der Waals surface area contributed by atoms with Gasteiger partial charge in [-0.3, -0.25) is 0 Å². The summed E-state index contributed by atoms with van der Waals surface area (Å²) in [6.07, 6.45) is -1.47. The molecule has 0 unspecified atom stereocenters. The third-order valence-electron chi connectivity index (χ3n) is 1.57. The molecule has 0 aliphatic rings. The van der Waals surface area contributed by atoms with Gasteiger partial charge in [0, 0.05) is 12.7 Å². The minimum atomic E-state index is -2.73. The first-order valence-corrected chi connectivity index (χ1v) is 4.50. The third kappa shape index (κ3) is 2.05. The number of alkyl halides is 2. The smallest absolute Gasteiger partial charge is 0.267 e. The van der Waals surface area contributed by atoms with Crippen LogP contribution in [-0.2, 0) is 6.54 Å². The Labute approximate surface area is 87.1 Å². The Morgan fingerprint density at radius 1 is 1.62 bits per heavy atom. The zero-order valence-corrected chi connectivity index (χ0v) is 8.62. The van der Waals surface area contributed by atoms with Gasteiger partial charge in [-0.05, 0) is 28.2 Å². The van der Waals surface area contributed by atoms with E-state index in [1.54, 1.807) is 22.6 Å². The molecular formula is C7H7F2IN2O. The first-order valence-electron chi connectivity index (χ1n) is 3.42. The lowest BCUT2D eigenvalue weighted by Crippen LogP contribution is -2.04. The molecule has 0 aromatic carbocycles. The van der Waals surface area contributed by atoms with Crippen LogP contribution in [0.25, 0.3) is 0 Å². The van der Waals surface area contributed by atoms with Crippen molar-refractivity contribution in [1.82, 2.24) is 4.98 Å². The van der Waals surface area contributed by atoms with Crippen molar-refractivity contribution in [2.75, 3.05) is 0 Å². The van der Waals surface area contributed by atoms with Crippen molar-refractivity contribution in [2.24, 2.45) is 5.73 Å². The van der Waals surface area contributed by atoms with Crippen molar-refractivity contribution in [1.29, 1.82) is 0 Å². The highest BCUT2D eigenvalue weighted by Gasteiger charge is 2.19. The van der Waals surface area contributed by atoms with Crippen molar-refractivity contribution < 1.29 is 13.9 Å². The molecule has 0 saturated heterocycles. The number of rotatable bonds is 2. The maximum absolute atomic E-state index is 12.4. The molecule has 0 saturated carbocycles. The molecule has 6 heteroatoms. The molecule has 0 atom stereocenters. The number of halogens is 3. The standard InChI is InChI=1S/C7H7F2IN2O/c8-6(9)4-3(1-11)2-12-7(10)5(4)13/h2,6,13H,1,11H2. The van der Waals surface area contributed by atoms with Gasteiger partial charge in [-0.15, -0.1) is 0 Å². The average molecular weight is 300 g/mol. The van der Waals surface area contributed by atoms with Crippen LogP contribution in [0.3, 0.4) is 0 Å². The molecule has 0 spiro atoms. The fourth-order valence-electron chi connectivity index (χ4n) is 0.935. The predicted octanol–water partition coefficient (Wildman–Crippen LogP) is 1.79. The lowest BCUT2D eigenvalue weighted by atomic mass is 10.1. The Hall–Kier alpha value is -0.500. The van der Waals surface area contributed by atoms with Gasteiger partial charge < -0.3 is 10.8 Å². The van der Waals surface area contributed by atoms with Crippen LogP contribution in [0.5, 0.6) is 5.75 Å². The van der Waals surface area contributed by atoms with Gasteiger partial charge in [-0.25, -0.2) is 13.8 Å². The Morgan fingerprint density at radius 2 is 2.23 bits per heavy atom. The lowest BCUT2D eigenvalue weighted by Gasteiger charge is -2.09. The number of nitrogens with two attached hydrogens (primary N) is 1. The van der Waals surface area contributed by atoms with Crippen molar-refractivity contribution in [3.05, 3.63) is 21.0 Å². The summed E-state index contributed by atoms with van der Waals surface area (Å²) in [6, 6.07) is 0. The van der Waals surface area contributed by atoms with E-state index in [-0.39, 0.29) is 15.8 Å². The Bertz CT molecular complexity index is 320. The summed E-state index contributed by atoms with van der Waals surface area (Å²) in [4.78, 5) is 3.72. The van der Waals surface area contributed by atoms with Gasteiger partial charge in [0.1, 0.15) is 3.70 Å². The summed E-state index contributed by atoms with van der Waals surface area (Å²) in [5, 5.41) is 9.27. The van der Waals surface area contributed by atoms with Crippen molar-refractivity contribution in [2.45, 2.75) is 13.0 Å². The van der Waals surface area contributed by atoms with E-state index in [1.807, 2.05) is 0 Å². The SMILES string of the molecule is NCc1cnc(I)c(O)c1C(F)F. The highest BCUT2D eigenvalue weighted by molar-refractivity contribution is 14.1.